The highest BCUT2D eigenvalue weighted by Gasteiger charge is 2.13. The van der Waals surface area contributed by atoms with Crippen LogP contribution in [0.5, 0.6) is 11.6 Å². The van der Waals surface area contributed by atoms with E-state index in [1.165, 1.54) is 12.4 Å². The Morgan fingerprint density at radius 3 is 2.85 bits per heavy atom. The first-order chi connectivity index (χ1) is 9.61. The molecule has 0 saturated heterocycles. The van der Waals surface area contributed by atoms with Crippen molar-refractivity contribution >= 4 is 37.7 Å². The highest BCUT2D eigenvalue weighted by molar-refractivity contribution is 9.11. The van der Waals surface area contributed by atoms with Crippen LogP contribution >= 0.6 is 31.9 Å². The van der Waals surface area contributed by atoms with E-state index in [1.54, 1.807) is 12.1 Å². The maximum atomic E-state index is 13.7. The minimum Gasteiger partial charge on any atom is -0.435 e. The summed E-state index contributed by atoms with van der Waals surface area (Å²) in [5.74, 6) is 0.518. The first-order valence-corrected chi connectivity index (χ1v) is 7.57. The zero-order valence-corrected chi connectivity index (χ0v) is 13.8. The normalized spacial score (nSPS) is 10.4. The van der Waals surface area contributed by atoms with Crippen LogP contribution < -0.4 is 10.1 Å². The topological polar surface area (TPSA) is 47.0 Å². The largest absolute Gasteiger partial charge is 0.435 e. The number of nitrogens with zero attached hydrogens (tertiary/aromatic N) is 2. The fourth-order valence-electron chi connectivity index (χ4n) is 1.45. The van der Waals surface area contributed by atoms with E-state index in [9.17, 15) is 4.39 Å². The molecule has 2 rings (SSSR count). The Bertz CT molecular complexity index is 610. The molecule has 1 aromatic heterocycles. The SMILES string of the molecule is CCCNc1ncnc(Oc2cc(Br)ccc2F)c1Br. The number of aromatic nitrogens is 2. The first-order valence-electron chi connectivity index (χ1n) is 5.99. The Balaban J connectivity index is 2.27. The van der Waals surface area contributed by atoms with Crippen molar-refractivity contribution in [1.29, 1.82) is 0 Å². The van der Waals surface area contributed by atoms with Gasteiger partial charge < -0.3 is 10.1 Å². The van der Waals surface area contributed by atoms with Crippen LogP contribution in [-0.4, -0.2) is 16.5 Å². The third-order valence-corrected chi connectivity index (χ3v) is 3.61. The van der Waals surface area contributed by atoms with Gasteiger partial charge >= 0.3 is 0 Å². The molecule has 0 spiro atoms. The van der Waals surface area contributed by atoms with E-state index in [0.29, 0.717) is 10.3 Å². The molecule has 7 heteroatoms. The Morgan fingerprint density at radius 1 is 1.30 bits per heavy atom. The average Bonchev–Trinajstić information content (AvgIpc) is 2.44. The lowest BCUT2D eigenvalue weighted by Crippen LogP contribution is -2.04. The molecule has 1 heterocycles. The number of hydrogen-bond acceptors (Lipinski definition) is 4. The number of anilines is 1. The molecule has 0 aliphatic heterocycles. The van der Waals surface area contributed by atoms with E-state index in [2.05, 4.69) is 54.1 Å². The highest BCUT2D eigenvalue weighted by Crippen LogP contribution is 2.33. The van der Waals surface area contributed by atoms with Gasteiger partial charge in [0.05, 0.1) is 0 Å². The van der Waals surface area contributed by atoms with E-state index < -0.39 is 5.82 Å². The summed E-state index contributed by atoms with van der Waals surface area (Å²) in [7, 11) is 0. The van der Waals surface area contributed by atoms with E-state index in [0.717, 1.165) is 17.4 Å². The minimum absolute atomic E-state index is 0.0974. The van der Waals surface area contributed by atoms with Crippen LogP contribution in [0.15, 0.2) is 33.5 Å². The molecule has 0 aliphatic rings. The lowest BCUT2D eigenvalue weighted by Gasteiger charge is -2.11. The lowest BCUT2D eigenvalue weighted by molar-refractivity contribution is 0.424. The fourth-order valence-corrected chi connectivity index (χ4v) is 2.22. The lowest BCUT2D eigenvalue weighted by atomic mass is 10.3. The Kier molecular flexibility index (Phi) is 5.31. The third-order valence-electron chi connectivity index (χ3n) is 2.40. The number of hydrogen-bond donors (Lipinski definition) is 1. The van der Waals surface area contributed by atoms with Gasteiger partial charge in [0.15, 0.2) is 11.6 Å². The van der Waals surface area contributed by atoms with Crippen LogP contribution in [0.1, 0.15) is 13.3 Å². The number of nitrogens with one attached hydrogen (secondary N) is 1. The highest BCUT2D eigenvalue weighted by atomic mass is 79.9. The Labute approximate surface area is 133 Å². The molecule has 20 heavy (non-hydrogen) atoms. The van der Waals surface area contributed by atoms with Crippen molar-refractivity contribution in [2.45, 2.75) is 13.3 Å². The quantitative estimate of drug-likeness (QED) is 0.780. The molecule has 0 amide bonds. The molecule has 0 aliphatic carbocycles. The van der Waals surface area contributed by atoms with Crippen molar-refractivity contribution in [3.63, 3.8) is 0 Å². The first kappa shape index (κ1) is 15.2. The Hall–Kier alpha value is -1.21. The summed E-state index contributed by atoms with van der Waals surface area (Å²) in [6, 6.07) is 4.47. The molecular formula is C13H12Br2FN3O. The van der Waals surface area contributed by atoms with Gasteiger partial charge in [-0.2, -0.15) is 0 Å². The van der Waals surface area contributed by atoms with Gasteiger partial charge in [-0.05, 0) is 40.5 Å². The fraction of sp³-hybridized carbons (Fsp3) is 0.231. The van der Waals surface area contributed by atoms with Crippen molar-refractivity contribution in [3.05, 3.63) is 39.3 Å². The summed E-state index contributed by atoms with van der Waals surface area (Å²) in [5.41, 5.74) is 0. The van der Waals surface area contributed by atoms with Gasteiger partial charge in [0.25, 0.3) is 0 Å². The van der Waals surface area contributed by atoms with Crippen molar-refractivity contribution in [3.8, 4) is 11.6 Å². The molecule has 2 aromatic rings. The molecule has 0 atom stereocenters. The van der Waals surface area contributed by atoms with Gasteiger partial charge in [0.2, 0.25) is 5.88 Å². The van der Waals surface area contributed by atoms with E-state index in [-0.39, 0.29) is 11.6 Å². The standard InChI is InChI=1S/C13H12Br2FN3O/c1-2-5-17-12-11(15)13(19-7-18-12)20-10-6-8(14)3-4-9(10)16/h3-4,6-7H,2,5H2,1H3,(H,17,18,19). The van der Waals surface area contributed by atoms with E-state index >= 15 is 0 Å². The van der Waals surface area contributed by atoms with E-state index in [1.807, 2.05) is 0 Å². The van der Waals surface area contributed by atoms with Crippen molar-refractivity contribution in [2.24, 2.45) is 0 Å². The van der Waals surface area contributed by atoms with Crippen LogP contribution in [-0.2, 0) is 0 Å². The number of halogens is 3. The zero-order chi connectivity index (χ0) is 14.5. The second kappa shape index (κ2) is 6.99. The monoisotopic (exact) mass is 403 g/mol. The van der Waals surface area contributed by atoms with Gasteiger partial charge in [-0.15, -0.1) is 0 Å². The molecule has 0 unspecified atom stereocenters. The van der Waals surface area contributed by atoms with Crippen LogP contribution in [0.4, 0.5) is 10.2 Å². The molecular weight excluding hydrogens is 393 g/mol. The number of rotatable bonds is 5. The van der Waals surface area contributed by atoms with Gasteiger partial charge in [-0.25, -0.2) is 14.4 Å². The van der Waals surface area contributed by atoms with Crippen LogP contribution in [0.2, 0.25) is 0 Å². The number of ether oxygens (including phenoxy) is 1. The summed E-state index contributed by atoms with van der Waals surface area (Å²) >= 11 is 6.64. The van der Waals surface area contributed by atoms with Gasteiger partial charge in [-0.3, -0.25) is 0 Å². The minimum atomic E-state index is -0.457. The van der Waals surface area contributed by atoms with Crippen molar-refractivity contribution in [2.75, 3.05) is 11.9 Å². The molecule has 0 fully saturated rings. The van der Waals surface area contributed by atoms with Gasteiger partial charge in [0, 0.05) is 11.0 Å². The smallest absolute Gasteiger partial charge is 0.239 e. The summed E-state index contributed by atoms with van der Waals surface area (Å²) < 4.78 is 20.5. The van der Waals surface area contributed by atoms with Gasteiger partial charge in [0.1, 0.15) is 16.6 Å². The second-order valence-corrected chi connectivity index (χ2v) is 5.65. The summed E-state index contributed by atoms with van der Waals surface area (Å²) in [6.45, 7) is 2.83. The number of benzene rings is 1. The Morgan fingerprint density at radius 2 is 2.10 bits per heavy atom. The summed E-state index contributed by atoms with van der Waals surface area (Å²) in [4.78, 5) is 8.12. The van der Waals surface area contributed by atoms with Gasteiger partial charge in [-0.1, -0.05) is 22.9 Å². The van der Waals surface area contributed by atoms with E-state index in [4.69, 9.17) is 4.74 Å². The predicted molar refractivity (Wildman–Crippen MR) is 82.7 cm³/mol. The average molecular weight is 405 g/mol. The van der Waals surface area contributed by atoms with Crippen LogP contribution in [0, 0.1) is 5.82 Å². The molecule has 0 radical (unpaired) electrons. The molecule has 4 nitrogen and oxygen atoms in total. The van der Waals surface area contributed by atoms with Crippen LogP contribution in [0.3, 0.4) is 0 Å². The molecule has 0 bridgehead atoms. The second-order valence-electron chi connectivity index (χ2n) is 3.94. The maximum Gasteiger partial charge on any atom is 0.239 e. The zero-order valence-electron chi connectivity index (χ0n) is 10.7. The summed E-state index contributed by atoms with van der Waals surface area (Å²) in [6.07, 6.45) is 2.33. The van der Waals surface area contributed by atoms with Crippen molar-refractivity contribution < 1.29 is 9.13 Å². The third kappa shape index (κ3) is 3.67. The maximum absolute atomic E-state index is 13.7. The molecule has 106 valence electrons. The van der Waals surface area contributed by atoms with Crippen LogP contribution in [0.25, 0.3) is 0 Å². The summed E-state index contributed by atoms with van der Waals surface area (Å²) in [5, 5.41) is 3.13. The molecule has 1 N–H and O–H groups in total. The van der Waals surface area contributed by atoms with Crippen molar-refractivity contribution in [1.82, 2.24) is 9.97 Å². The molecule has 0 saturated carbocycles. The molecule has 1 aromatic carbocycles. The predicted octanol–water partition coefficient (Wildman–Crippen LogP) is 4.75.